The minimum absolute atomic E-state index is 0.212. The molecule has 0 rings (SSSR count). The van der Waals surface area contributed by atoms with Crippen LogP contribution in [-0.2, 0) is 0 Å². The molecule has 0 fully saturated rings. The Kier molecular flexibility index (Phi) is 6.46. The molecule has 0 aromatic heterocycles. The average molecular weight is 214 g/mol. The Morgan fingerprint density at radius 2 is 1.73 bits per heavy atom. The zero-order valence-corrected chi connectivity index (χ0v) is 11.5. The third kappa shape index (κ3) is 5.53. The van der Waals surface area contributed by atoms with E-state index in [-0.39, 0.29) is 11.5 Å². The topological polar surface area (TPSA) is 29.3 Å². The Hall–Kier alpha value is -0.0800. The largest absolute Gasteiger partial charge is 0.327 e. The maximum atomic E-state index is 6.01. The van der Waals surface area contributed by atoms with E-state index in [1.165, 1.54) is 13.0 Å². The minimum atomic E-state index is 0.212. The van der Waals surface area contributed by atoms with Crippen LogP contribution in [0.1, 0.15) is 48.0 Å². The summed E-state index contributed by atoms with van der Waals surface area (Å²) in [6.45, 7) is 16.9. The van der Waals surface area contributed by atoms with E-state index in [0.29, 0.717) is 0 Å². The highest BCUT2D eigenvalue weighted by Crippen LogP contribution is 2.21. The first kappa shape index (κ1) is 14.9. The summed E-state index contributed by atoms with van der Waals surface area (Å²) in [4.78, 5) is 2.53. The fraction of sp³-hybridized carbons (Fsp3) is 1.00. The van der Waals surface area contributed by atoms with Crippen molar-refractivity contribution in [1.82, 2.24) is 4.90 Å². The molecule has 0 aliphatic heterocycles. The molecular formula is C13H30N2. The van der Waals surface area contributed by atoms with Crippen molar-refractivity contribution in [1.29, 1.82) is 0 Å². The molecule has 2 nitrogen and oxygen atoms in total. The van der Waals surface area contributed by atoms with E-state index in [1.54, 1.807) is 0 Å². The quantitative estimate of drug-likeness (QED) is 0.706. The number of nitrogens with two attached hydrogens (primary N) is 1. The van der Waals surface area contributed by atoms with Gasteiger partial charge in [0.1, 0.15) is 0 Å². The molecule has 15 heavy (non-hydrogen) atoms. The summed E-state index contributed by atoms with van der Waals surface area (Å²) in [5.41, 5.74) is 6.22. The van der Waals surface area contributed by atoms with Crippen molar-refractivity contribution in [2.24, 2.45) is 17.1 Å². The van der Waals surface area contributed by atoms with Crippen LogP contribution in [0.4, 0.5) is 0 Å². The van der Waals surface area contributed by atoms with Crippen molar-refractivity contribution >= 4 is 0 Å². The van der Waals surface area contributed by atoms with Gasteiger partial charge in [0, 0.05) is 19.1 Å². The lowest BCUT2D eigenvalue weighted by Gasteiger charge is -2.36. The van der Waals surface area contributed by atoms with Gasteiger partial charge in [-0.2, -0.15) is 0 Å². The zero-order chi connectivity index (χ0) is 12.1. The second-order valence-electron chi connectivity index (χ2n) is 5.62. The molecule has 0 bridgehead atoms. The van der Waals surface area contributed by atoms with E-state index in [9.17, 15) is 0 Å². The highest BCUT2D eigenvalue weighted by atomic mass is 15.1. The van der Waals surface area contributed by atoms with E-state index in [1.807, 2.05) is 0 Å². The van der Waals surface area contributed by atoms with Gasteiger partial charge in [-0.25, -0.2) is 0 Å². The first-order chi connectivity index (χ1) is 6.83. The zero-order valence-electron chi connectivity index (χ0n) is 11.5. The first-order valence-electron chi connectivity index (χ1n) is 6.31. The normalized spacial score (nSPS) is 16.8. The van der Waals surface area contributed by atoms with Crippen LogP contribution in [0.5, 0.6) is 0 Å². The predicted molar refractivity (Wildman–Crippen MR) is 69.0 cm³/mol. The van der Waals surface area contributed by atoms with Gasteiger partial charge in [-0.3, -0.25) is 0 Å². The summed E-state index contributed by atoms with van der Waals surface area (Å²) >= 11 is 0. The Morgan fingerprint density at radius 3 is 2.07 bits per heavy atom. The van der Waals surface area contributed by atoms with Crippen molar-refractivity contribution in [2.45, 2.75) is 54.0 Å². The molecule has 0 heterocycles. The molecule has 0 amide bonds. The van der Waals surface area contributed by atoms with Crippen molar-refractivity contribution in [2.75, 3.05) is 19.6 Å². The van der Waals surface area contributed by atoms with Crippen molar-refractivity contribution in [3.8, 4) is 0 Å². The third-order valence-electron chi connectivity index (χ3n) is 3.58. The first-order valence-corrected chi connectivity index (χ1v) is 6.31. The van der Waals surface area contributed by atoms with E-state index in [0.717, 1.165) is 19.0 Å². The van der Waals surface area contributed by atoms with E-state index in [4.69, 9.17) is 5.73 Å². The summed E-state index contributed by atoms with van der Waals surface area (Å²) in [6, 6.07) is 0.253. The van der Waals surface area contributed by atoms with Gasteiger partial charge in [-0.05, 0) is 24.8 Å². The molecule has 2 heteroatoms. The number of hydrogen-bond donors (Lipinski definition) is 1. The molecule has 2 atom stereocenters. The second-order valence-corrected chi connectivity index (χ2v) is 5.62. The fourth-order valence-corrected chi connectivity index (χ4v) is 1.60. The molecule has 2 unspecified atom stereocenters. The fourth-order valence-electron chi connectivity index (χ4n) is 1.60. The summed E-state index contributed by atoms with van der Waals surface area (Å²) in [5.74, 6) is 0.786. The lowest BCUT2D eigenvalue weighted by Crippen LogP contribution is -2.45. The lowest BCUT2D eigenvalue weighted by molar-refractivity contribution is 0.146. The van der Waals surface area contributed by atoms with Gasteiger partial charge >= 0.3 is 0 Å². The number of rotatable bonds is 7. The lowest BCUT2D eigenvalue weighted by atomic mass is 9.85. The van der Waals surface area contributed by atoms with Gasteiger partial charge < -0.3 is 10.6 Å². The maximum absolute atomic E-state index is 6.01. The predicted octanol–water partition coefficient (Wildman–Crippen LogP) is 2.73. The summed E-state index contributed by atoms with van der Waals surface area (Å²) < 4.78 is 0. The molecule has 2 N–H and O–H groups in total. The van der Waals surface area contributed by atoms with Crippen LogP contribution in [0.25, 0.3) is 0 Å². The Balaban J connectivity index is 4.20. The molecule has 0 aromatic carbocycles. The molecule has 0 aromatic rings. The van der Waals surface area contributed by atoms with Crippen molar-refractivity contribution in [3.05, 3.63) is 0 Å². The Labute approximate surface area is 96.2 Å². The molecule has 0 aliphatic rings. The van der Waals surface area contributed by atoms with Crippen molar-refractivity contribution < 1.29 is 0 Å². The number of hydrogen-bond acceptors (Lipinski definition) is 2. The monoisotopic (exact) mass is 214 g/mol. The smallest absolute Gasteiger partial charge is 0.00739 e. The minimum Gasteiger partial charge on any atom is -0.327 e. The molecule has 0 saturated heterocycles. The van der Waals surface area contributed by atoms with Gasteiger partial charge in [0.15, 0.2) is 0 Å². The summed E-state index contributed by atoms with van der Waals surface area (Å²) in [5, 5.41) is 0. The van der Waals surface area contributed by atoms with Gasteiger partial charge in [-0.15, -0.1) is 0 Å². The molecule has 0 spiro atoms. The maximum Gasteiger partial charge on any atom is 0.00739 e. The SMILES string of the molecule is CCC(C)CN(CC)CC(C)(C)C(C)N. The van der Waals surface area contributed by atoms with Crippen LogP contribution in [0.2, 0.25) is 0 Å². The van der Waals surface area contributed by atoms with Crippen LogP contribution >= 0.6 is 0 Å². The second kappa shape index (κ2) is 6.49. The Bertz CT molecular complexity index is 164. The standard InChI is InChI=1S/C13H30N2/c1-7-11(3)9-15(8-2)10-13(5,6)12(4)14/h11-12H,7-10,14H2,1-6H3. The molecule has 92 valence electrons. The van der Waals surface area contributed by atoms with Gasteiger partial charge in [0.05, 0.1) is 0 Å². The van der Waals surface area contributed by atoms with Crippen LogP contribution in [0.3, 0.4) is 0 Å². The highest BCUT2D eigenvalue weighted by Gasteiger charge is 2.25. The van der Waals surface area contributed by atoms with Crippen molar-refractivity contribution in [3.63, 3.8) is 0 Å². The van der Waals surface area contributed by atoms with E-state index < -0.39 is 0 Å². The third-order valence-corrected chi connectivity index (χ3v) is 3.58. The van der Waals surface area contributed by atoms with E-state index >= 15 is 0 Å². The molecule has 0 aliphatic carbocycles. The molecule has 0 saturated carbocycles. The molecule has 0 radical (unpaired) electrons. The average Bonchev–Trinajstić information content (AvgIpc) is 2.15. The number of nitrogens with zero attached hydrogens (tertiary/aromatic N) is 1. The van der Waals surface area contributed by atoms with Gasteiger partial charge in [0.2, 0.25) is 0 Å². The van der Waals surface area contributed by atoms with Crippen LogP contribution in [0.15, 0.2) is 0 Å². The summed E-state index contributed by atoms with van der Waals surface area (Å²) in [7, 11) is 0. The van der Waals surface area contributed by atoms with Crippen LogP contribution in [-0.4, -0.2) is 30.6 Å². The summed E-state index contributed by atoms with van der Waals surface area (Å²) in [6.07, 6.45) is 1.26. The van der Waals surface area contributed by atoms with Crippen LogP contribution in [0, 0.1) is 11.3 Å². The van der Waals surface area contributed by atoms with Crippen LogP contribution < -0.4 is 5.73 Å². The van der Waals surface area contributed by atoms with Gasteiger partial charge in [0.25, 0.3) is 0 Å². The van der Waals surface area contributed by atoms with Gasteiger partial charge in [-0.1, -0.05) is 41.0 Å². The highest BCUT2D eigenvalue weighted by molar-refractivity contribution is 4.81. The molecular weight excluding hydrogens is 184 g/mol. The van der Waals surface area contributed by atoms with E-state index in [2.05, 4.69) is 46.4 Å². The Morgan fingerprint density at radius 1 is 1.20 bits per heavy atom.